The number of nitrogens with one attached hydrogen (secondary N) is 1. The molecule has 2 aromatic carbocycles. The lowest BCUT2D eigenvalue weighted by Gasteiger charge is -2.44. The molecular formula is C24H30N2O. The van der Waals surface area contributed by atoms with Gasteiger partial charge in [0.05, 0.1) is 6.04 Å². The van der Waals surface area contributed by atoms with Crippen molar-refractivity contribution in [3.05, 3.63) is 64.7 Å². The number of anilines is 1. The minimum absolute atomic E-state index is 0.159. The Balaban J connectivity index is 1.77. The Bertz CT molecular complexity index is 865. The number of amides is 1. The van der Waals surface area contributed by atoms with Gasteiger partial charge < -0.3 is 11.1 Å². The summed E-state index contributed by atoms with van der Waals surface area (Å²) >= 11 is 0. The number of hydrogen-bond acceptors (Lipinski definition) is 2. The van der Waals surface area contributed by atoms with Crippen LogP contribution < -0.4 is 11.1 Å². The number of fused-ring (bicyclic) bond motifs is 3. The molecule has 2 aliphatic rings. The molecule has 4 rings (SSSR count). The molecule has 0 radical (unpaired) electrons. The van der Waals surface area contributed by atoms with Crippen LogP contribution >= 0.6 is 0 Å². The summed E-state index contributed by atoms with van der Waals surface area (Å²) in [6, 6.07) is 15.0. The standard InChI is InChI=1S/C24H30N2O/c1-24(2,3)17-11-12-21-20(14-17)18-9-4-5-10-19(18)22(26-21)15-7-6-8-16(13-15)23(25)27/h6-8,11-14,18-19,22,26H,4-5,9-10H2,1-3H3,(H2,25,27). The van der Waals surface area contributed by atoms with Crippen LogP contribution in [0.15, 0.2) is 42.5 Å². The Morgan fingerprint density at radius 3 is 2.59 bits per heavy atom. The molecule has 3 N–H and O–H groups in total. The van der Waals surface area contributed by atoms with Gasteiger partial charge in [0, 0.05) is 11.3 Å². The summed E-state index contributed by atoms with van der Waals surface area (Å²) in [6.07, 6.45) is 5.05. The predicted octanol–water partition coefficient (Wildman–Crippen LogP) is 5.52. The Labute approximate surface area is 162 Å². The van der Waals surface area contributed by atoms with Gasteiger partial charge in [0.15, 0.2) is 0 Å². The molecule has 1 aliphatic carbocycles. The van der Waals surface area contributed by atoms with Crippen LogP contribution in [0.2, 0.25) is 0 Å². The Morgan fingerprint density at radius 2 is 1.85 bits per heavy atom. The van der Waals surface area contributed by atoms with E-state index < -0.39 is 0 Å². The zero-order valence-electron chi connectivity index (χ0n) is 16.6. The largest absolute Gasteiger partial charge is 0.378 e. The molecule has 3 atom stereocenters. The van der Waals surface area contributed by atoms with E-state index in [-0.39, 0.29) is 17.4 Å². The second-order valence-electron chi connectivity index (χ2n) is 9.22. The first kappa shape index (κ1) is 18.1. The van der Waals surface area contributed by atoms with Crippen molar-refractivity contribution < 1.29 is 4.79 Å². The summed E-state index contributed by atoms with van der Waals surface area (Å²) in [7, 11) is 0. The van der Waals surface area contributed by atoms with Gasteiger partial charge in [-0.25, -0.2) is 0 Å². The number of carbonyl (C=O) groups is 1. The monoisotopic (exact) mass is 362 g/mol. The number of primary amides is 1. The lowest BCUT2D eigenvalue weighted by molar-refractivity contribution is 0.1000. The molecule has 3 nitrogen and oxygen atoms in total. The third kappa shape index (κ3) is 3.36. The van der Waals surface area contributed by atoms with Crippen LogP contribution in [-0.4, -0.2) is 5.91 Å². The van der Waals surface area contributed by atoms with Crippen molar-refractivity contribution in [2.24, 2.45) is 11.7 Å². The second-order valence-corrected chi connectivity index (χ2v) is 9.22. The zero-order chi connectivity index (χ0) is 19.2. The van der Waals surface area contributed by atoms with Gasteiger partial charge in [-0.2, -0.15) is 0 Å². The zero-order valence-corrected chi connectivity index (χ0v) is 16.6. The number of carbonyl (C=O) groups excluding carboxylic acids is 1. The highest BCUT2D eigenvalue weighted by molar-refractivity contribution is 5.93. The van der Waals surface area contributed by atoms with Gasteiger partial charge >= 0.3 is 0 Å². The summed E-state index contributed by atoms with van der Waals surface area (Å²) in [5, 5.41) is 3.81. The topological polar surface area (TPSA) is 55.1 Å². The van der Waals surface area contributed by atoms with E-state index in [2.05, 4.69) is 50.4 Å². The van der Waals surface area contributed by atoms with Gasteiger partial charge in [-0.15, -0.1) is 0 Å². The molecule has 2 aromatic rings. The van der Waals surface area contributed by atoms with E-state index in [0.29, 0.717) is 17.4 Å². The normalized spacial score (nSPS) is 24.5. The van der Waals surface area contributed by atoms with E-state index >= 15 is 0 Å². The van der Waals surface area contributed by atoms with Crippen molar-refractivity contribution >= 4 is 11.6 Å². The Morgan fingerprint density at radius 1 is 1.07 bits per heavy atom. The van der Waals surface area contributed by atoms with Gasteiger partial charge in [0.2, 0.25) is 5.91 Å². The van der Waals surface area contributed by atoms with Gasteiger partial charge in [-0.3, -0.25) is 4.79 Å². The number of hydrogen-bond donors (Lipinski definition) is 2. The lowest BCUT2D eigenvalue weighted by Crippen LogP contribution is -2.34. The fourth-order valence-corrected chi connectivity index (χ4v) is 4.90. The summed E-state index contributed by atoms with van der Waals surface area (Å²) in [5.41, 5.74) is 11.6. The van der Waals surface area contributed by atoms with Gasteiger partial charge in [0.25, 0.3) is 0 Å². The number of benzene rings is 2. The van der Waals surface area contributed by atoms with Crippen LogP contribution in [0.4, 0.5) is 5.69 Å². The van der Waals surface area contributed by atoms with Crippen molar-refractivity contribution in [1.82, 2.24) is 0 Å². The maximum atomic E-state index is 11.7. The molecule has 1 heterocycles. The summed E-state index contributed by atoms with van der Waals surface area (Å²) < 4.78 is 0. The predicted molar refractivity (Wildman–Crippen MR) is 111 cm³/mol. The van der Waals surface area contributed by atoms with E-state index in [9.17, 15) is 4.79 Å². The van der Waals surface area contributed by atoms with Crippen LogP contribution in [0.1, 0.15) is 85.5 Å². The van der Waals surface area contributed by atoms with E-state index in [1.807, 2.05) is 12.1 Å². The molecule has 1 fully saturated rings. The molecule has 0 bridgehead atoms. The first-order valence-electron chi connectivity index (χ1n) is 10.2. The van der Waals surface area contributed by atoms with Crippen molar-refractivity contribution in [2.45, 2.75) is 63.8 Å². The molecule has 1 amide bonds. The van der Waals surface area contributed by atoms with Crippen LogP contribution in [0.3, 0.4) is 0 Å². The van der Waals surface area contributed by atoms with Crippen molar-refractivity contribution in [3.8, 4) is 0 Å². The number of nitrogens with two attached hydrogens (primary N) is 1. The van der Waals surface area contributed by atoms with Crippen LogP contribution in [0.25, 0.3) is 0 Å². The van der Waals surface area contributed by atoms with Gasteiger partial charge in [0.1, 0.15) is 0 Å². The molecule has 0 aromatic heterocycles. The van der Waals surface area contributed by atoms with Crippen LogP contribution in [0, 0.1) is 5.92 Å². The Kier molecular flexibility index (Phi) is 4.49. The smallest absolute Gasteiger partial charge is 0.248 e. The molecule has 142 valence electrons. The first-order valence-corrected chi connectivity index (χ1v) is 10.2. The molecule has 0 spiro atoms. The van der Waals surface area contributed by atoms with E-state index in [4.69, 9.17) is 5.73 Å². The highest BCUT2D eigenvalue weighted by Crippen LogP contribution is 2.51. The Hall–Kier alpha value is -2.29. The van der Waals surface area contributed by atoms with E-state index in [1.54, 1.807) is 6.07 Å². The van der Waals surface area contributed by atoms with Crippen LogP contribution in [0.5, 0.6) is 0 Å². The van der Waals surface area contributed by atoms with Crippen molar-refractivity contribution in [2.75, 3.05) is 5.32 Å². The lowest BCUT2D eigenvalue weighted by atomic mass is 9.67. The maximum absolute atomic E-state index is 11.7. The molecule has 3 unspecified atom stereocenters. The SMILES string of the molecule is CC(C)(C)c1ccc2c(c1)C1CCCCC1C(c1cccc(C(N)=O)c1)N2. The average Bonchev–Trinajstić information content (AvgIpc) is 2.66. The second kappa shape index (κ2) is 6.70. The third-order valence-electron chi connectivity index (χ3n) is 6.41. The third-order valence-corrected chi connectivity index (χ3v) is 6.41. The maximum Gasteiger partial charge on any atom is 0.248 e. The fourth-order valence-electron chi connectivity index (χ4n) is 4.90. The highest BCUT2D eigenvalue weighted by Gasteiger charge is 2.39. The van der Waals surface area contributed by atoms with Crippen LogP contribution in [-0.2, 0) is 5.41 Å². The molecular weight excluding hydrogens is 332 g/mol. The minimum Gasteiger partial charge on any atom is -0.378 e. The molecule has 3 heteroatoms. The van der Waals surface area contributed by atoms with Gasteiger partial charge in [-0.05, 0) is 65.0 Å². The van der Waals surface area contributed by atoms with Crippen molar-refractivity contribution in [3.63, 3.8) is 0 Å². The number of rotatable bonds is 2. The average molecular weight is 363 g/mol. The molecule has 27 heavy (non-hydrogen) atoms. The molecule has 1 aliphatic heterocycles. The van der Waals surface area contributed by atoms with E-state index in [1.165, 1.54) is 48.1 Å². The summed E-state index contributed by atoms with van der Waals surface area (Å²) in [5.74, 6) is 0.784. The molecule has 1 saturated carbocycles. The summed E-state index contributed by atoms with van der Waals surface area (Å²) in [4.78, 5) is 11.7. The highest BCUT2D eigenvalue weighted by atomic mass is 16.1. The molecule has 0 saturated heterocycles. The minimum atomic E-state index is -0.358. The summed E-state index contributed by atoms with van der Waals surface area (Å²) in [6.45, 7) is 6.84. The fraction of sp³-hybridized carbons (Fsp3) is 0.458. The quantitative estimate of drug-likeness (QED) is 0.738. The first-order chi connectivity index (χ1) is 12.8. The van der Waals surface area contributed by atoms with E-state index in [0.717, 1.165) is 0 Å². The van der Waals surface area contributed by atoms with Gasteiger partial charge in [-0.1, -0.05) is 57.9 Å². The van der Waals surface area contributed by atoms with Crippen molar-refractivity contribution in [1.29, 1.82) is 0 Å².